The van der Waals surface area contributed by atoms with E-state index in [0.717, 1.165) is 24.0 Å². The summed E-state index contributed by atoms with van der Waals surface area (Å²) >= 11 is 0. The SMILES string of the molecule is COc1cc(C(C)(C)C)cc(C2(N)CC2)c1O. The van der Waals surface area contributed by atoms with Gasteiger partial charge in [0.15, 0.2) is 11.5 Å². The first-order valence-corrected chi connectivity index (χ1v) is 5.99. The summed E-state index contributed by atoms with van der Waals surface area (Å²) in [5.41, 5.74) is 7.81. The van der Waals surface area contributed by atoms with Crippen molar-refractivity contribution in [3.05, 3.63) is 23.3 Å². The molecule has 0 spiro atoms. The fraction of sp³-hybridized carbons (Fsp3) is 0.571. The van der Waals surface area contributed by atoms with Gasteiger partial charge in [-0.05, 0) is 36.0 Å². The molecule has 1 saturated carbocycles. The van der Waals surface area contributed by atoms with E-state index in [0.29, 0.717) is 5.75 Å². The zero-order chi connectivity index (χ0) is 12.8. The lowest BCUT2D eigenvalue weighted by atomic mass is 9.84. The van der Waals surface area contributed by atoms with Crippen LogP contribution in [0.15, 0.2) is 12.1 Å². The number of phenols is 1. The Morgan fingerprint density at radius 1 is 1.29 bits per heavy atom. The van der Waals surface area contributed by atoms with Crippen LogP contribution < -0.4 is 10.5 Å². The first-order valence-electron chi connectivity index (χ1n) is 5.99. The summed E-state index contributed by atoms with van der Waals surface area (Å²) in [5, 5.41) is 10.1. The number of rotatable bonds is 2. The molecule has 1 aromatic carbocycles. The molecule has 0 unspecified atom stereocenters. The topological polar surface area (TPSA) is 55.5 Å². The van der Waals surface area contributed by atoms with Crippen molar-refractivity contribution in [3.8, 4) is 11.5 Å². The minimum Gasteiger partial charge on any atom is -0.504 e. The lowest BCUT2D eigenvalue weighted by molar-refractivity contribution is 0.366. The van der Waals surface area contributed by atoms with Crippen molar-refractivity contribution >= 4 is 0 Å². The Morgan fingerprint density at radius 3 is 2.29 bits per heavy atom. The highest BCUT2D eigenvalue weighted by atomic mass is 16.5. The second-order valence-corrected chi connectivity index (χ2v) is 5.98. The second kappa shape index (κ2) is 3.64. The molecule has 2 rings (SSSR count). The number of aromatic hydroxyl groups is 1. The highest BCUT2D eigenvalue weighted by Gasteiger charge is 2.43. The van der Waals surface area contributed by atoms with Gasteiger partial charge in [-0.1, -0.05) is 20.8 Å². The van der Waals surface area contributed by atoms with Gasteiger partial charge in [0.2, 0.25) is 0 Å². The van der Waals surface area contributed by atoms with Gasteiger partial charge in [-0.15, -0.1) is 0 Å². The molecule has 1 fully saturated rings. The normalized spacial score (nSPS) is 17.9. The van der Waals surface area contributed by atoms with Crippen molar-refractivity contribution in [2.75, 3.05) is 7.11 Å². The van der Waals surface area contributed by atoms with Gasteiger partial charge < -0.3 is 15.6 Å². The molecule has 94 valence electrons. The van der Waals surface area contributed by atoms with Gasteiger partial charge in [0, 0.05) is 11.1 Å². The molecule has 0 aromatic heterocycles. The number of methoxy groups -OCH3 is 1. The van der Waals surface area contributed by atoms with E-state index >= 15 is 0 Å². The molecule has 17 heavy (non-hydrogen) atoms. The van der Waals surface area contributed by atoms with E-state index in [1.54, 1.807) is 7.11 Å². The largest absolute Gasteiger partial charge is 0.504 e. The Morgan fingerprint density at radius 2 is 1.88 bits per heavy atom. The summed E-state index contributed by atoms with van der Waals surface area (Å²) in [6.45, 7) is 6.41. The number of hydrogen-bond donors (Lipinski definition) is 2. The molecule has 0 aliphatic heterocycles. The van der Waals surface area contributed by atoms with E-state index < -0.39 is 0 Å². The Bertz CT molecular complexity index is 442. The van der Waals surface area contributed by atoms with E-state index in [4.69, 9.17) is 10.5 Å². The molecule has 3 nitrogen and oxygen atoms in total. The molecule has 1 aromatic rings. The summed E-state index contributed by atoms with van der Waals surface area (Å²) in [6, 6.07) is 3.91. The summed E-state index contributed by atoms with van der Waals surface area (Å²) < 4.78 is 5.24. The molecule has 1 aliphatic carbocycles. The maximum absolute atomic E-state index is 10.1. The predicted octanol–water partition coefficient (Wildman–Crippen LogP) is 2.65. The van der Waals surface area contributed by atoms with Crippen molar-refractivity contribution in [1.82, 2.24) is 0 Å². The van der Waals surface area contributed by atoms with Crippen LogP contribution in [-0.4, -0.2) is 12.2 Å². The molecule has 0 radical (unpaired) electrons. The van der Waals surface area contributed by atoms with Gasteiger partial charge >= 0.3 is 0 Å². The quantitative estimate of drug-likeness (QED) is 0.828. The lowest BCUT2D eigenvalue weighted by Crippen LogP contribution is -2.21. The van der Waals surface area contributed by atoms with Crippen LogP contribution in [0.5, 0.6) is 11.5 Å². The molecule has 1 aliphatic rings. The van der Waals surface area contributed by atoms with Gasteiger partial charge in [-0.3, -0.25) is 0 Å². The van der Waals surface area contributed by atoms with Crippen LogP contribution in [0.4, 0.5) is 0 Å². The zero-order valence-corrected chi connectivity index (χ0v) is 11.0. The molecular weight excluding hydrogens is 214 g/mol. The summed E-state index contributed by atoms with van der Waals surface area (Å²) in [7, 11) is 1.57. The van der Waals surface area contributed by atoms with Crippen molar-refractivity contribution in [1.29, 1.82) is 0 Å². The fourth-order valence-corrected chi connectivity index (χ4v) is 1.98. The van der Waals surface area contributed by atoms with Gasteiger partial charge in [0.1, 0.15) is 0 Å². The molecule has 0 heterocycles. The third-order valence-corrected chi connectivity index (χ3v) is 3.49. The monoisotopic (exact) mass is 235 g/mol. The van der Waals surface area contributed by atoms with Crippen molar-refractivity contribution < 1.29 is 9.84 Å². The van der Waals surface area contributed by atoms with E-state index in [9.17, 15) is 5.11 Å². The van der Waals surface area contributed by atoms with Crippen molar-refractivity contribution in [2.45, 2.75) is 44.6 Å². The molecule has 3 N–H and O–H groups in total. The maximum Gasteiger partial charge on any atom is 0.162 e. The smallest absolute Gasteiger partial charge is 0.162 e. The zero-order valence-electron chi connectivity index (χ0n) is 11.0. The van der Waals surface area contributed by atoms with E-state index in [1.807, 2.05) is 12.1 Å². The lowest BCUT2D eigenvalue weighted by Gasteiger charge is -2.23. The number of ether oxygens (including phenoxy) is 1. The first-order chi connectivity index (χ1) is 7.78. The number of benzene rings is 1. The third kappa shape index (κ3) is 2.12. The molecule has 0 amide bonds. The third-order valence-electron chi connectivity index (χ3n) is 3.49. The van der Waals surface area contributed by atoms with Crippen LogP contribution in [0.2, 0.25) is 0 Å². The molecule has 3 heteroatoms. The summed E-state index contributed by atoms with van der Waals surface area (Å²) in [5.74, 6) is 0.713. The summed E-state index contributed by atoms with van der Waals surface area (Å²) in [4.78, 5) is 0. The minimum absolute atomic E-state index is 0.0149. The first kappa shape index (κ1) is 12.2. The van der Waals surface area contributed by atoms with Crippen LogP contribution >= 0.6 is 0 Å². The number of hydrogen-bond acceptors (Lipinski definition) is 3. The average molecular weight is 235 g/mol. The van der Waals surface area contributed by atoms with Crippen molar-refractivity contribution in [2.24, 2.45) is 5.73 Å². The molecule has 0 saturated heterocycles. The van der Waals surface area contributed by atoms with Crippen LogP contribution in [0, 0.1) is 0 Å². The number of nitrogens with two attached hydrogens (primary N) is 1. The van der Waals surface area contributed by atoms with Gasteiger partial charge in [0.05, 0.1) is 7.11 Å². The van der Waals surface area contributed by atoms with Crippen LogP contribution in [0.25, 0.3) is 0 Å². The highest BCUT2D eigenvalue weighted by Crippen LogP contribution is 2.50. The minimum atomic E-state index is -0.349. The maximum atomic E-state index is 10.1. The van der Waals surface area contributed by atoms with Crippen LogP contribution in [-0.2, 0) is 11.0 Å². The second-order valence-electron chi connectivity index (χ2n) is 5.98. The number of phenolic OH excluding ortho intramolecular Hbond substituents is 1. The Hall–Kier alpha value is -1.22. The van der Waals surface area contributed by atoms with Crippen molar-refractivity contribution in [3.63, 3.8) is 0 Å². The average Bonchev–Trinajstić information content (AvgIpc) is 2.96. The Kier molecular flexibility index (Phi) is 2.62. The Balaban J connectivity index is 2.58. The standard InChI is InChI=1S/C14H21NO2/c1-13(2,3)9-7-10(14(15)5-6-14)12(16)11(8-9)17-4/h7-8,16H,5-6,15H2,1-4H3. The van der Waals surface area contributed by atoms with E-state index in [2.05, 4.69) is 20.8 Å². The molecule has 0 bridgehead atoms. The van der Waals surface area contributed by atoms with Gasteiger partial charge in [-0.25, -0.2) is 0 Å². The van der Waals surface area contributed by atoms with Crippen LogP contribution in [0.1, 0.15) is 44.7 Å². The van der Waals surface area contributed by atoms with E-state index in [-0.39, 0.29) is 16.7 Å². The highest BCUT2D eigenvalue weighted by molar-refractivity contribution is 5.54. The molecule has 0 atom stereocenters. The fourth-order valence-electron chi connectivity index (χ4n) is 1.98. The van der Waals surface area contributed by atoms with E-state index in [1.165, 1.54) is 0 Å². The summed E-state index contributed by atoms with van der Waals surface area (Å²) in [6.07, 6.45) is 1.86. The van der Waals surface area contributed by atoms with Gasteiger partial charge in [0.25, 0.3) is 0 Å². The molecular formula is C14H21NO2. The predicted molar refractivity (Wildman–Crippen MR) is 68.5 cm³/mol. The Labute approximate surface area is 103 Å². The van der Waals surface area contributed by atoms with Gasteiger partial charge in [-0.2, -0.15) is 0 Å². The van der Waals surface area contributed by atoms with Crippen LogP contribution in [0.3, 0.4) is 0 Å².